The van der Waals surface area contributed by atoms with Crippen molar-refractivity contribution in [1.82, 2.24) is 19.9 Å². The van der Waals surface area contributed by atoms with Crippen molar-refractivity contribution in [2.75, 3.05) is 0 Å². The number of aromatic nitrogens is 3. The molecule has 2 rings (SSSR count). The Labute approximate surface area is 104 Å². The lowest BCUT2D eigenvalue weighted by Crippen LogP contribution is -2.17. The molecule has 0 aliphatic carbocycles. The van der Waals surface area contributed by atoms with Gasteiger partial charge in [-0.3, -0.25) is 9.55 Å². The van der Waals surface area contributed by atoms with Gasteiger partial charge in [-0.05, 0) is 19.1 Å². The molecule has 0 aliphatic heterocycles. The molecule has 0 aliphatic rings. The lowest BCUT2D eigenvalue weighted by atomic mass is 10.3. The van der Waals surface area contributed by atoms with Gasteiger partial charge >= 0.3 is 6.55 Å². The molecule has 1 N–H and O–H groups in total. The molecule has 96 valence electrons. The first kappa shape index (κ1) is 12.6. The topological polar surface area (TPSA) is 42.7 Å². The first-order chi connectivity index (χ1) is 8.66. The molecule has 0 atom stereocenters. The Morgan fingerprint density at radius 1 is 1.33 bits per heavy atom. The minimum absolute atomic E-state index is 0.285. The van der Waals surface area contributed by atoms with Crippen LogP contribution in [0.4, 0.5) is 8.78 Å². The summed E-state index contributed by atoms with van der Waals surface area (Å²) in [7, 11) is 0. The lowest BCUT2D eigenvalue weighted by molar-refractivity contribution is 0.0666. The van der Waals surface area contributed by atoms with Crippen molar-refractivity contribution in [3.05, 3.63) is 47.8 Å². The van der Waals surface area contributed by atoms with E-state index in [-0.39, 0.29) is 6.54 Å². The molecule has 0 bridgehead atoms. The van der Waals surface area contributed by atoms with Gasteiger partial charge in [0.25, 0.3) is 0 Å². The Hall–Kier alpha value is -1.82. The van der Waals surface area contributed by atoms with E-state index < -0.39 is 6.55 Å². The highest BCUT2D eigenvalue weighted by Gasteiger charge is 2.10. The third kappa shape index (κ3) is 3.10. The van der Waals surface area contributed by atoms with Gasteiger partial charge in [-0.25, -0.2) is 4.98 Å². The number of aryl methyl sites for hydroxylation is 1. The second-order valence-corrected chi connectivity index (χ2v) is 3.90. The molecule has 0 radical (unpaired) electrons. The summed E-state index contributed by atoms with van der Waals surface area (Å²) in [5.41, 5.74) is 1.81. The monoisotopic (exact) mass is 252 g/mol. The maximum Gasteiger partial charge on any atom is 0.319 e. The second-order valence-electron chi connectivity index (χ2n) is 3.90. The van der Waals surface area contributed by atoms with Crippen LogP contribution in [0, 0.1) is 6.92 Å². The standard InChI is InChI=1S/C12H14F2N4/c1-9-3-2-4-10(17-9)7-15-8-11-16-5-6-18(11)12(13)14/h2-6,12,15H,7-8H2,1H3. The highest BCUT2D eigenvalue weighted by Crippen LogP contribution is 2.12. The summed E-state index contributed by atoms with van der Waals surface area (Å²) in [4.78, 5) is 8.20. The number of hydrogen-bond donors (Lipinski definition) is 1. The predicted molar refractivity (Wildman–Crippen MR) is 63.0 cm³/mol. The normalized spacial score (nSPS) is 11.1. The molecule has 6 heteroatoms. The summed E-state index contributed by atoms with van der Waals surface area (Å²) in [6, 6.07) is 5.71. The quantitative estimate of drug-likeness (QED) is 0.887. The second kappa shape index (κ2) is 5.68. The lowest BCUT2D eigenvalue weighted by Gasteiger charge is -2.07. The Balaban J connectivity index is 1.90. The molecule has 0 spiro atoms. The van der Waals surface area contributed by atoms with E-state index in [9.17, 15) is 8.78 Å². The number of rotatable bonds is 5. The van der Waals surface area contributed by atoms with Crippen molar-refractivity contribution >= 4 is 0 Å². The van der Waals surface area contributed by atoms with E-state index in [1.165, 1.54) is 12.4 Å². The van der Waals surface area contributed by atoms with Gasteiger partial charge in [-0.15, -0.1) is 0 Å². The Kier molecular flexibility index (Phi) is 3.99. The van der Waals surface area contributed by atoms with Crippen molar-refractivity contribution in [3.8, 4) is 0 Å². The summed E-state index contributed by atoms with van der Waals surface area (Å²) < 4.78 is 25.9. The molecule has 0 unspecified atom stereocenters. The van der Waals surface area contributed by atoms with Crippen molar-refractivity contribution in [3.63, 3.8) is 0 Å². The number of imidazole rings is 1. The molecular weight excluding hydrogens is 238 g/mol. The third-order valence-electron chi connectivity index (χ3n) is 2.49. The van der Waals surface area contributed by atoms with E-state index in [0.29, 0.717) is 12.4 Å². The summed E-state index contributed by atoms with van der Waals surface area (Å²) in [5.74, 6) is 0.317. The molecule has 2 aromatic heterocycles. The van der Waals surface area contributed by atoms with Crippen molar-refractivity contribution in [1.29, 1.82) is 0 Å². The van der Waals surface area contributed by atoms with Crippen LogP contribution in [0.3, 0.4) is 0 Å². The van der Waals surface area contributed by atoms with Crippen molar-refractivity contribution in [2.24, 2.45) is 0 Å². The SMILES string of the molecule is Cc1cccc(CNCc2nccn2C(F)F)n1. The Morgan fingerprint density at radius 3 is 2.89 bits per heavy atom. The van der Waals surface area contributed by atoms with Gasteiger partial charge in [0.1, 0.15) is 5.82 Å². The van der Waals surface area contributed by atoms with E-state index in [1.807, 2.05) is 25.1 Å². The van der Waals surface area contributed by atoms with Crippen LogP contribution in [-0.4, -0.2) is 14.5 Å². The maximum atomic E-state index is 12.5. The van der Waals surface area contributed by atoms with Gasteiger partial charge in [0.05, 0.1) is 12.2 Å². The minimum atomic E-state index is -2.55. The number of pyridine rings is 1. The molecule has 0 saturated heterocycles. The first-order valence-electron chi connectivity index (χ1n) is 5.60. The van der Waals surface area contributed by atoms with Crippen LogP contribution in [0.2, 0.25) is 0 Å². The number of nitrogens with one attached hydrogen (secondary N) is 1. The van der Waals surface area contributed by atoms with E-state index >= 15 is 0 Å². The first-order valence-corrected chi connectivity index (χ1v) is 5.60. The zero-order valence-corrected chi connectivity index (χ0v) is 9.98. The van der Waals surface area contributed by atoms with Gasteiger partial charge in [-0.2, -0.15) is 8.78 Å². The van der Waals surface area contributed by atoms with Crippen molar-refractivity contribution in [2.45, 2.75) is 26.6 Å². The summed E-state index contributed by atoms with van der Waals surface area (Å²) in [5, 5.41) is 3.05. The molecule has 18 heavy (non-hydrogen) atoms. The van der Waals surface area contributed by atoms with E-state index in [1.54, 1.807) is 0 Å². The molecule has 0 amide bonds. The minimum Gasteiger partial charge on any atom is -0.304 e. The number of hydrogen-bond acceptors (Lipinski definition) is 3. The molecule has 0 fully saturated rings. The fraction of sp³-hybridized carbons (Fsp3) is 0.333. The van der Waals surface area contributed by atoms with Gasteiger partial charge in [0.15, 0.2) is 0 Å². The summed E-state index contributed by atoms with van der Waals surface area (Å²) in [6.45, 7) is 0.166. The average molecular weight is 252 g/mol. The third-order valence-corrected chi connectivity index (χ3v) is 2.49. The molecule has 4 nitrogen and oxygen atoms in total. The molecule has 2 aromatic rings. The number of nitrogens with zero attached hydrogens (tertiary/aromatic N) is 3. The van der Waals surface area contributed by atoms with Crippen LogP contribution in [0.25, 0.3) is 0 Å². The Morgan fingerprint density at radius 2 is 2.17 bits per heavy atom. The van der Waals surface area contributed by atoms with Crippen LogP contribution in [0.5, 0.6) is 0 Å². The van der Waals surface area contributed by atoms with Gasteiger partial charge in [0, 0.05) is 24.6 Å². The van der Waals surface area contributed by atoms with Crippen molar-refractivity contribution < 1.29 is 8.78 Å². The van der Waals surface area contributed by atoms with Crippen LogP contribution in [0.1, 0.15) is 23.8 Å². The van der Waals surface area contributed by atoms with Crippen LogP contribution in [-0.2, 0) is 13.1 Å². The fourth-order valence-corrected chi connectivity index (χ4v) is 1.66. The smallest absolute Gasteiger partial charge is 0.304 e. The maximum absolute atomic E-state index is 12.5. The number of alkyl halides is 2. The molecule has 0 aromatic carbocycles. The predicted octanol–water partition coefficient (Wildman–Crippen LogP) is 2.27. The largest absolute Gasteiger partial charge is 0.319 e. The Bertz CT molecular complexity index is 510. The molecule has 0 saturated carbocycles. The van der Waals surface area contributed by atoms with Crippen LogP contribution < -0.4 is 5.32 Å². The van der Waals surface area contributed by atoms with Crippen LogP contribution in [0.15, 0.2) is 30.6 Å². The number of halogens is 2. The zero-order valence-electron chi connectivity index (χ0n) is 9.98. The van der Waals surface area contributed by atoms with E-state index in [2.05, 4.69) is 15.3 Å². The summed E-state index contributed by atoms with van der Waals surface area (Å²) >= 11 is 0. The van der Waals surface area contributed by atoms with Gasteiger partial charge < -0.3 is 5.32 Å². The van der Waals surface area contributed by atoms with E-state index in [4.69, 9.17) is 0 Å². The van der Waals surface area contributed by atoms with Gasteiger partial charge in [-0.1, -0.05) is 6.07 Å². The van der Waals surface area contributed by atoms with Gasteiger partial charge in [0.2, 0.25) is 0 Å². The zero-order chi connectivity index (χ0) is 13.0. The summed E-state index contributed by atoms with van der Waals surface area (Å²) in [6.07, 6.45) is 2.64. The average Bonchev–Trinajstić information content (AvgIpc) is 2.77. The highest BCUT2D eigenvalue weighted by molar-refractivity contribution is 5.09. The van der Waals surface area contributed by atoms with Crippen LogP contribution >= 0.6 is 0 Å². The fourth-order valence-electron chi connectivity index (χ4n) is 1.66. The molecular formula is C12H14F2N4. The highest BCUT2D eigenvalue weighted by atomic mass is 19.3. The van der Waals surface area contributed by atoms with E-state index in [0.717, 1.165) is 16.0 Å². The molecule has 2 heterocycles.